The normalized spacial score (nSPS) is 13.3. The van der Waals surface area contributed by atoms with Gasteiger partial charge in [0.2, 0.25) is 0 Å². The van der Waals surface area contributed by atoms with Gasteiger partial charge in [0.25, 0.3) is 5.69 Å². The van der Waals surface area contributed by atoms with Gasteiger partial charge in [0.15, 0.2) is 0 Å². The highest BCUT2D eigenvalue weighted by atomic mass is 35.5. The van der Waals surface area contributed by atoms with E-state index in [2.05, 4.69) is 33.0 Å². The average Bonchev–Trinajstić information content (AvgIpc) is 2.29. The van der Waals surface area contributed by atoms with E-state index in [1.807, 2.05) is 0 Å². The van der Waals surface area contributed by atoms with Crippen LogP contribution in [0.2, 0.25) is 5.02 Å². The summed E-state index contributed by atoms with van der Waals surface area (Å²) in [7, 11) is 0. The number of nitro benzene ring substituents is 1. The molecule has 0 aliphatic carbocycles. The van der Waals surface area contributed by atoms with E-state index in [1.54, 1.807) is 12.1 Å². The van der Waals surface area contributed by atoms with Gasteiger partial charge in [0, 0.05) is 12.6 Å². The van der Waals surface area contributed by atoms with Gasteiger partial charge in [-0.25, -0.2) is 0 Å². The molecule has 0 bridgehead atoms. The van der Waals surface area contributed by atoms with Crippen LogP contribution >= 0.6 is 11.6 Å². The first-order chi connectivity index (χ1) is 8.73. The maximum atomic E-state index is 10.9. The van der Waals surface area contributed by atoms with Crippen molar-refractivity contribution in [1.29, 1.82) is 0 Å². The molecule has 0 heterocycles. The van der Waals surface area contributed by atoms with E-state index in [9.17, 15) is 10.1 Å². The second kappa shape index (κ2) is 6.35. The van der Waals surface area contributed by atoms with Crippen LogP contribution in [0.4, 0.5) is 5.69 Å². The van der Waals surface area contributed by atoms with Crippen molar-refractivity contribution in [2.24, 2.45) is 11.3 Å². The highest BCUT2D eigenvalue weighted by Crippen LogP contribution is 2.27. The molecular weight excluding hydrogens is 264 g/mol. The maximum absolute atomic E-state index is 10.9. The predicted molar refractivity (Wildman–Crippen MR) is 78.4 cm³/mol. The molecule has 0 amide bonds. The number of rotatable bonds is 5. The smallest absolute Gasteiger partial charge is 0.275 e. The van der Waals surface area contributed by atoms with Crippen molar-refractivity contribution in [2.75, 3.05) is 6.54 Å². The fourth-order valence-corrected chi connectivity index (χ4v) is 1.85. The van der Waals surface area contributed by atoms with Crippen LogP contribution in [0.5, 0.6) is 0 Å². The van der Waals surface area contributed by atoms with Gasteiger partial charge < -0.3 is 5.32 Å². The number of nitrogens with zero attached hydrogens (tertiary/aromatic N) is 1. The van der Waals surface area contributed by atoms with Crippen LogP contribution in [-0.2, 0) is 6.54 Å². The summed E-state index contributed by atoms with van der Waals surface area (Å²) in [6.45, 7) is 9.90. The minimum Gasteiger partial charge on any atom is -0.312 e. The zero-order chi connectivity index (χ0) is 14.6. The van der Waals surface area contributed by atoms with Crippen LogP contribution in [0, 0.1) is 21.4 Å². The van der Waals surface area contributed by atoms with Crippen molar-refractivity contribution in [3.05, 3.63) is 38.9 Å². The SMILES string of the molecule is CC(CNCc1c(Cl)cccc1[N+](=O)[O-])C(C)(C)C. The van der Waals surface area contributed by atoms with Crippen LogP contribution < -0.4 is 5.32 Å². The van der Waals surface area contributed by atoms with Crippen molar-refractivity contribution in [2.45, 2.75) is 34.2 Å². The Bertz CT molecular complexity index is 455. The lowest BCUT2D eigenvalue weighted by Gasteiger charge is -2.27. The Hall–Kier alpha value is -1.13. The standard InChI is InChI=1S/C14H21ClN2O2/c1-10(14(2,3)4)8-16-9-11-12(15)6-5-7-13(11)17(18)19/h5-7,10,16H,8-9H2,1-4H3. The Morgan fingerprint density at radius 2 is 2.05 bits per heavy atom. The first kappa shape index (κ1) is 15.9. The minimum absolute atomic E-state index is 0.0726. The second-order valence-corrected chi connectivity index (χ2v) is 6.30. The van der Waals surface area contributed by atoms with E-state index >= 15 is 0 Å². The lowest BCUT2D eigenvalue weighted by atomic mass is 9.82. The Kier molecular flexibility index (Phi) is 5.32. The molecule has 0 saturated heterocycles. The lowest BCUT2D eigenvalue weighted by Crippen LogP contribution is -2.29. The summed E-state index contributed by atoms with van der Waals surface area (Å²) in [6.07, 6.45) is 0. The van der Waals surface area contributed by atoms with Gasteiger partial charge in [-0.2, -0.15) is 0 Å². The summed E-state index contributed by atoms with van der Waals surface area (Å²) in [5, 5.41) is 14.6. The summed E-state index contributed by atoms with van der Waals surface area (Å²) in [4.78, 5) is 10.6. The van der Waals surface area contributed by atoms with E-state index in [0.717, 1.165) is 6.54 Å². The molecule has 4 nitrogen and oxygen atoms in total. The van der Waals surface area contributed by atoms with E-state index < -0.39 is 4.92 Å². The Balaban J connectivity index is 2.71. The summed E-state index contributed by atoms with van der Waals surface area (Å²) in [6, 6.07) is 4.76. The lowest BCUT2D eigenvalue weighted by molar-refractivity contribution is -0.385. The predicted octanol–water partition coefficient (Wildman–Crippen LogP) is 4.02. The largest absolute Gasteiger partial charge is 0.312 e. The molecule has 5 heteroatoms. The quantitative estimate of drug-likeness (QED) is 0.656. The van der Waals surface area contributed by atoms with E-state index in [1.165, 1.54) is 6.07 Å². The van der Waals surface area contributed by atoms with Gasteiger partial charge in [-0.1, -0.05) is 45.4 Å². The summed E-state index contributed by atoms with van der Waals surface area (Å²) >= 11 is 6.03. The fraction of sp³-hybridized carbons (Fsp3) is 0.571. The summed E-state index contributed by atoms with van der Waals surface area (Å²) < 4.78 is 0. The number of benzene rings is 1. The zero-order valence-electron chi connectivity index (χ0n) is 11.9. The van der Waals surface area contributed by atoms with Crippen LogP contribution in [0.15, 0.2) is 18.2 Å². The molecule has 0 saturated carbocycles. The molecule has 1 unspecified atom stereocenters. The molecule has 1 atom stereocenters. The number of nitrogens with one attached hydrogen (secondary N) is 1. The third-order valence-electron chi connectivity index (χ3n) is 3.52. The van der Waals surface area contributed by atoms with Crippen molar-refractivity contribution in [3.63, 3.8) is 0 Å². The minimum atomic E-state index is -0.393. The molecule has 0 fully saturated rings. The molecule has 0 aromatic heterocycles. The van der Waals surface area contributed by atoms with Gasteiger partial charge in [0.1, 0.15) is 0 Å². The highest BCUT2D eigenvalue weighted by molar-refractivity contribution is 6.31. The monoisotopic (exact) mass is 284 g/mol. The highest BCUT2D eigenvalue weighted by Gasteiger charge is 2.20. The topological polar surface area (TPSA) is 55.2 Å². The Labute approximate surface area is 119 Å². The van der Waals surface area contributed by atoms with Gasteiger partial charge >= 0.3 is 0 Å². The van der Waals surface area contributed by atoms with Crippen LogP contribution in [-0.4, -0.2) is 11.5 Å². The van der Waals surface area contributed by atoms with Gasteiger partial charge in [-0.3, -0.25) is 10.1 Å². The molecule has 1 N–H and O–H groups in total. The molecule has 0 spiro atoms. The molecule has 1 rings (SSSR count). The molecule has 1 aromatic carbocycles. The third-order valence-corrected chi connectivity index (χ3v) is 3.88. The van der Waals surface area contributed by atoms with Crippen molar-refractivity contribution < 1.29 is 4.92 Å². The zero-order valence-corrected chi connectivity index (χ0v) is 12.6. The Morgan fingerprint density at radius 1 is 1.42 bits per heavy atom. The summed E-state index contributed by atoms with van der Waals surface area (Å²) in [5.41, 5.74) is 0.832. The molecule has 0 aliphatic rings. The molecule has 0 aliphatic heterocycles. The van der Waals surface area contributed by atoms with Crippen molar-refractivity contribution in [3.8, 4) is 0 Å². The van der Waals surface area contributed by atoms with Gasteiger partial charge in [0.05, 0.1) is 15.5 Å². The van der Waals surface area contributed by atoms with Crippen LogP contribution in [0.25, 0.3) is 0 Å². The van der Waals surface area contributed by atoms with E-state index in [4.69, 9.17) is 11.6 Å². The summed E-state index contributed by atoms with van der Waals surface area (Å²) in [5.74, 6) is 0.467. The number of halogens is 1. The average molecular weight is 285 g/mol. The molecular formula is C14H21ClN2O2. The fourth-order valence-electron chi connectivity index (χ4n) is 1.61. The van der Waals surface area contributed by atoms with Gasteiger partial charge in [-0.15, -0.1) is 0 Å². The molecule has 19 heavy (non-hydrogen) atoms. The first-order valence-electron chi connectivity index (χ1n) is 6.36. The van der Waals surface area contributed by atoms with E-state index in [-0.39, 0.29) is 11.1 Å². The van der Waals surface area contributed by atoms with Crippen molar-refractivity contribution in [1.82, 2.24) is 5.32 Å². The van der Waals surface area contributed by atoms with E-state index in [0.29, 0.717) is 23.0 Å². The Morgan fingerprint density at radius 3 is 2.58 bits per heavy atom. The third kappa shape index (κ3) is 4.48. The van der Waals surface area contributed by atoms with Crippen molar-refractivity contribution >= 4 is 17.3 Å². The molecule has 106 valence electrons. The maximum Gasteiger partial charge on any atom is 0.275 e. The van der Waals surface area contributed by atoms with Crippen LogP contribution in [0.3, 0.4) is 0 Å². The number of hydrogen-bond donors (Lipinski definition) is 1. The second-order valence-electron chi connectivity index (χ2n) is 5.89. The van der Waals surface area contributed by atoms with Crippen LogP contribution in [0.1, 0.15) is 33.3 Å². The number of hydrogen-bond acceptors (Lipinski definition) is 3. The first-order valence-corrected chi connectivity index (χ1v) is 6.73. The number of nitro groups is 1. The van der Waals surface area contributed by atoms with Gasteiger partial charge in [-0.05, 0) is 23.9 Å². The molecule has 0 radical (unpaired) electrons. The molecule has 1 aromatic rings.